The van der Waals surface area contributed by atoms with E-state index >= 15 is 0 Å². The van der Waals surface area contributed by atoms with Gasteiger partial charge in [-0.3, -0.25) is 9.59 Å². The number of aromatic nitrogens is 3. The second-order valence-corrected chi connectivity index (χ2v) is 8.43. The van der Waals surface area contributed by atoms with Crippen LogP contribution in [0, 0.1) is 6.92 Å². The van der Waals surface area contributed by atoms with Crippen LogP contribution >= 0.6 is 11.3 Å². The Balaban J connectivity index is 1.69. The van der Waals surface area contributed by atoms with Gasteiger partial charge in [0.1, 0.15) is 12.2 Å². The third-order valence-electron chi connectivity index (χ3n) is 5.11. The van der Waals surface area contributed by atoms with Crippen LogP contribution in [0.4, 0.5) is 0 Å². The number of amides is 1. The lowest BCUT2D eigenvalue weighted by atomic mass is 10.1. The summed E-state index contributed by atoms with van der Waals surface area (Å²) in [6.07, 6.45) is 1.95. The van der Waals surface area contributed by atoms with Gasteiger partial charge in [-0.25, -0.2) is 9.67 Å². The van der Waals surface area contributed by atoms with E-state index in [2.05, 4.69) is 15.4 Å². The van der Waals surface area contributed by atoms with Crippen LogP contribution in [0.15, 0.2) is 23.0 Å². The molecule has 0 aliphatic carbocycles. The zero-order valence-electron chi connectivity index (χ0n) is 17.6. The highest BCUT2D eigenvalue weighted by Gasteiger charge is 2.20. The Morgan fingerprint density at radius 3 is 2.84 bits per heavy atom. The molecular formula is C21H24N4O5S. The van der Waals surface area contributed by atoms with Gasteiger partial charge < -0.3 is 19.5 Å². The zero-order chi connectivity index (χ0) is 22.0. The average molecular weight is 445 g/mol. The summed E-state index contributed by atoms with van der Waals surface area (Å²) < 4.78 is 18.1. The number of methoxy groups -OCH3 is 2. The fourth-order valence-electron chi connectivity index (χ4n) is 3.57. The Labute approximate surface area is 183 Å². The molecule has 3 aromatic rings. The number of fused-ring (bicyclic) bond motifs is 1. The van der Waals surface area contributed by atoms with E-state index in [0.29, 0.717) is 34.0 Å². The van der Waals surface area contributed by atoms with E-state index in [1.165, 1.54) is 16.0 Å². The van der Waals surface area contributed by atoms with Crippen LogP contribution < -0.4 is 20.3 Å². The average Bonchev–Trinajstić information content (AvgIpc) is 3.43. The maximum Gasteiger partial charge on any atom is 0.294 e. The van der Waals surface area contributed by atoms with Gasteiger partial charge in [-0.05, 0) is 38.0 Å². The van der Waals surface area contributed by atoms with Crippen molar-refractivity contribution in [2.24, 2.45) is 0 Å². The molecule has 1 N–H and O–H groups in total. The number of nitrogens with one attached hydrogen (secondary N) is 1. The van der Waals surface area contributed by atoms with Crippen molar-refractivity contribution in [1.29, 1.82) is 0 Å². The first-order valence-electron chi connectivity index (χ1n) is 9.99. The predicted octanol–water partition coefficient (Wildman–Crippen LogP) is 2.14. The van der Waals surface area contributed by atoms with Gasteiger partial charge in [-0.1, -0.05) is 0 Å². The Morgan fingerprint density at radius 1 is 1.32 bits per heavy atom. The third kappa shape index (κ3) is 4.40. The normalized spacial score (nSPS) is 15.9. The number of aryl methyl sites for hydroxylation is 1. The molecule has 3 heterocycles. The number of benzene rings is 1. The molecule has 1 atom stereocenters. The number of hydrogen-bond donors (Lipinski definition) is 1. The van der Waals surface area contributed by atoms with E-state index in [1.54, 1.807) is 26.4 Å². The van der Waals surface area contributed by atoms with Crippen LogP contribution in [0.5, 0.6) is 11.5 Å². The van der Waals surface area contributed by atoms with Crippen molar-refractivity contribution in [3.63, 3.8) is 0 Å². The molecule has 4 rings (SSSR count). The topological polar surface area (TPSA) is 105 Å². The summed E-state index contributed by atoms with van der Waals surface area (Å²) in [5.74, 6) is 0.836. The van der Waals surface area contributed by atoms with E-state index in [0.717, 1.165) is 30.0 Å². The second kappa shape index (κ2) is 9.03. The lowest BCUT2D eigenvalue weighted by Crippen LogP contribution is -2.37. The van der Waals surface area contributed by atoms with Crippen LogP contribution in [0.25, 0.3) is 21.5 Å². The molecule has 0 spiro atoms. The van der Waals surface area contributed by atoms with Gasteiger partial charge in [-0.2, -0.15) is 5.10 Å². The molecule has 1 saturated heterocycles. The number of hydrogen-bond acceptors (Lipinski definition) is 8. The minimum Gasteiger partial charge on any atom is -0.493 e. The first kappa shape index (κ1) is 21.3. The summed E-state index contributed by atoms with van der Waals surface area (Å²) >= 11 is 1.39. The van der Waals surface area contributed by atoms with E-state index in [-0.39, 0.29) is 18.6 Å². The van der Waals surface area contributed by atoms with Crippen LogP contribution in [-0.2, 0) is 16.1 Å². The molecule has 1 amide bonds. The van der Waals surface area contributed by atoms with E-state index in [9.17, 15) is 9.59 Å². The minimum atomic E-state index is -0.393. The van der Waals surface area contributed by atoms with Gasteiger partial charge in [0, 0.05) is 18.7 Å². The highest BCUT2D eigenvalue weighted by Crippen LogP contribution is 2.35. The van der Waals surface area contributed by atoms with Crippen LogP contribution in [0.2, 0.25) is 0 Å². The minimum absolute atomic E-state index is 0.0274. The Hall–Kier alpha value is -2.98. The predicted molar refractivity (Wildman–Crippen MR) is 117 cm³/mol. The molecule has 2 aromatic heterocycles. The van der Waals surface area contributed by atoms with Crippen molar-refractivity contribution < 1.29 is 19.0 Å². The summed E-state index contributed by atoms with van der Waals surface area (Å²) in [5.41, 5.74) is 1.21. The fourth-order valence-corrected chi connectivity index (χ4v) is 4.49. The monoisotopic (exact) mass is 444 g/mol. The molecule has 9 nitrogen and oxygen atoms in total. The standard InChI is InChI=1S/C21H24N4O5S/c1-12-23-19-20(31-12)18(13-6-7-15(28-2)16(9-13)29-3)24-25(21(19)27)11-17(26)22-10-14-5-4-8-30-14/h6-7,9,14H,4-5,8,10-11H2,1-3H3,(H,22,26)/t14-/m1/s1. The number of ether oxygens (including phenoxy) is 3. The summed E-state index contributed by atoms with van der Waals surface area (Å²) in [5, 5.41) is 8.10. The molecule has 31 heavy (non-hydrogen) atoms. The molecule has 10 heteroatoms. The number of carbonyl (C=O) groups excluding carboxylic acids is 1. The van der Waals surface area contributed by atoms with Crippen LogP contribution in [0.3, 0.4) is 0 Å². The molecule has 0 radical (unpaired) electrons. The number of thiazole rings is 1. The largest absolute Gasteiger partial charge is 0.493 e. The van der Waals surface area contributed by atoms with Crippen molar-refractivity contribution in [3.05, 3.63) is 33.6 Å². The smallest absolute Gasteiger partial charge is 0.294 e. The Kier molecular flexibility index (Phi) is 6.19. The van der Waals surface area contributed by atoms with Crippen molar-refractivity contribution in [2.45, 2.75) is 32.4 Å². The van der Waals surface area contributed by atoms with Gasteiger partial charge in [-0.15, -0.1) is 11.3 Å². The molecule has 1 fully saturated rings. The first-order valence-corrected chi connectivity index (χ1v) is 10.8. The highest BCUT2D eigenvalue weighted by atomic mass is 32.1. The molecular weight excluding hydrogens is 420 g/mol. The van der Waals surface area contributed by atoms with Gasteiger partial charge in [0.05, 0.1) is 30.0 Å². The first-order chi connectivity index (χ1) is 15.0. The molecule has 1 aromatic carbocycles. The Morgan fingerprint density at radius 2 is 2.13 bits per heavy atom. The zero-order valence-corrected chi connectivity index (χ0v) is 18.5. The molecule has 0 bridgehead atoms. The summed E-state index contributed by atoms with van der Waals surface area (Å²) in [7, 11) is 3.12. The summed E-state index contributed by atoms with van der Waals surface area (Å²) in [6.45, 7) is 2.78. The highest BCUT2D eigenvalue weighted by molar-refractivity contribution is 7.19. The van der Waals surface area contributed by atoms with Crippen molar-refractivity contribution in [3.8, 4) is 22.8 Å². The quantitative estimate of drug-likeness (QED) is 0.595. The number of nitrogens with zero attached hydrogens (tertiary/aromatic N) is 3. The lowest BCUT2D eigenvalue weighted by molar-refractivity contribution is -0.122. The maximum atomic E-state index is 12.9. The van der Waals surface area contributed by atoms with Gasteiger partial charge in [0.15, 0.2) is 17.0 Å². The molecule has 1 aliphatic rings. The SMILES string of the molecule is COc1ccc(-c2nn(CC(=O)NC[C@H]3CCCO3)c(=O)c3nc(C)sc23)cc1OC. The van der Waals surface area contributed by atoms with E-state index in [1.807, 2.05) is 13.0 Å². The van der Waals surface area contributed by atoms with Crippen molar-refractivity contribution >= 4 is 27.5 Å². The van der Waals surface area contributed by atoms with Crippen LogP contribution in [0.1, 0.15) is 17.8 Å². The van der Waals surface area contributed by atoms with Gasteiger partial charge in [0.25, 0.3) is 5.56 Å². The summed E-state index contributed by atoms with van der Waals surface area (Å²) in [6, 6.07) is 5.41. The third-order valence-corrected chi connectivity index (χ3v) is 6.09. The Bertz CT molecular complexity index is 1170. The number of rotatable bonds is 7. The summed E-state index contributed by atoms with van der Waals surface area (Å²) in [4.78, 5) is 29.8. The molecule has 0 unspecified atom stereocenters. The van der Waals surface area contributed by atoms with Crippen molar-refractivity contribution in [2.75, 3.05) is 27.4 Å². The molecule has 1 aliphatic heterocycles. The van der Waals surface area contributed by atoms with E-state index < -0.39 is 5.56 Å². The van der Waals surface area contributed by atoms with Gasteiger partial charge in [0.2, 0.25) is 5.91 Å². The fraction of sp³-hybridized carbons (Fsp3) is 0.429. The van der Waals surface area contributed by atoms with Gasteiger partial charge >= 0.3 is 0 Å². The lowest BCUT2D eigenvalue weighted by Gasteiger charge is -2.13. The van der Waals surface area contributed by atoms with E-state index in [4.69, 9.17) is 14.2 Å². The number of carbonyl (C=O) groups is 1. The molecule has 164 valence electrons. The molecule has 0 saturated carbocycles. The maximum absolute atomic E-state index is 12.9. The second-order valence-electron chi connectivity index (χ2n) is 7.23. The van der Waals surface area contributed by atoms with Crippen molar-refractivity contribution in [1.82, 2.24) is 20.1 Å². The van der Waals surface area contributed by atoms with Crippen LogP contribution in [-0.4, -0.2) is 54.1 Å².